The number of hydrogen-bond donors (Lipinski definition) is 1. The van der Waals surface area contributed by atoms with E-state index >= 15 is 0 Å². The number of hydrogen-bond acceptors (Lipinski definition) is 4. The Labute approximate surface area is 181 Å². The molecule has 2 amide bonds. The van der Waals surface area contributed by atoms with Gasteiger partial charge in [0.05, 0.1) is 12.1 Å². The van der Waals surface area contributed by atoms with Crippen LogP contribution in [-0.4, -0.2) is 32.1 Å². The minimum Gasteiger partial charge on any atom is -0.457 e. The number of carbonyl (C=O) groups is 2. The van der Waals surface area contributed by atoms with Crippen molar-refractivity contribution in [3.05, 3.63) is 65.5 Å². The van der Waals surface area contributed by atoms with Gasteiger partial charge in [-0.2, -0.15) is 13.2 Å². The van der Waals surface area contributed by atoms with Crippen molar-refractivity contribution < 1.29 is 27.5 Å². The first kappa shape index (κ1) is 22.4. The molecule has 0 saturated carbocycles. The van der Waals surface area contributed by atoms with Crippen molar-refractivity contribution in [3.63, 3.8) is 0 Å². The van der Waals surface area contributed by atoms with Crippen molar-refractivity contribution in [2.24, 2.45) is 0 Å². The van der Waals surface area contributed by atoms with Crippen LogP contribution in [0.15, 0.2) is 60.7 Å². The van der Waals surface area contributed by atoms with Crippen LogP contribution in [0.25, 0.3) is 10.4 Å². The molecule has 1 aromatic heterocycles. The Kier molecular flexibility index (Phi) is 6.96. The largest absolute Gasteiger partial charge is 0.457 e. The van der Waals surface area contributed by atoms with Gasteiger partial charge in [-0.25, -0.2) is 0 Å². The fraction of sp³-hybridized carbons (Fsp3) is 0.182. The van der Waals surface area contributed by atoms with Crippen LogP contribution >= 0.6 is 11.3 Å². The highest BCUT2D eigenvalue weighted by Crippen LogP contribution is 2.38. The molecule has 0 atom stereocenters. The SMILES string of the molecule is CNC(=O)c1sc(-c2ccc(Oc3ccccc3)cc2)cc1N(C=O)CCC(F)(F)F. The summed E-state index contributed by atoms with van der Waals surface area (Å²) in [4.78, 5) is 25.4. The molecule has 1 N–H and O–H groups in total. The van der Waals surface area contributed by atoms with Gasteiger partial charge in [0.15, 0.2) is 0 Å². The summed E-state index contributed by atoms with van der Waals surface area (Å²) in [6.45, 7) is -0.572. The lowest BCUT2D eigenvalue weighted by atomic mass is 10.1. The summed E-state index contributed by atoms with van der Waals surface area (Å²) in [5.41, 5.74) is 0.881. The highest BCUT2D eigenvalue weighted by Gasteiger charge is 2.29. The molecule has 2 aromatic carbocycles. The number of rotatable bonds is 8. The Morgan fingerprint density at radius 3 is 2.32 bits per heavy atom. The van der Waals surface area contributed by atoms with Gasteiger partial charge in [-0.05, 0) is 48.0 Å². The van der Waals surface area contributed by atoms with Gasteiger partial charge in [-0.3, -0.25) is 9.59 Å². The Bertz CT molecular complexity index is 1030. The number of carbonyl (C=O) groups excluding carboxylic acids is 2. The number of nitrogens with zero attached hydrogens (tertiary/aromatic N) is 1. The van der Waals surface area contributed by atoms with E-state index in [4.69, 9.17) is 4.74 Å². The molecule has 9 heteroatoms. The summed E-state index contributed by atoms with van der Waals surface area (Å²) in [6, 6.07) is 17.9. The molecule has 0 radical (unpaired) electrons. The minimum absolute atomic E-state index is 0.142. The quantitative estimate of drug-likeness (QED) is 0.464. The van der Waals surface area contributed by atoms with E-state index in [1.165, 1.54) is 7.05 Å². The first-order valence-corrected chi connectivity index (χ1v) is 10.1. The topological polar surface area (TPSA) is 58.6 Å². The number of thiophene rings is 1. The number of anilines is 1. The molecule has 5 nitrogen and oxygen atoms in total. The fourth-order valence-corrected chi connectivity index (χ4v) is 3.92. The van der Waals surface area contributed by atoms with Crippen molar-refractivity contribution >= 4 is 29.3 Å². The molecule has 1 heterocycles. The number of ether oxygens (including phenoxy) is 1. The van der Waals surface area contributed by atoms with Crippen LogP contribution < -0.4 is 15.0 Å². The molecule has 0 bridgehead atoms. The van der Waals surface area contributed by atoms with Crippen LogP contribution in [0.5, 0.6) is 11.5 Å². The number of para-hydroxylation sites is 1. The molecular weight excluding hydrogens is 429 g/mol. The van der Waals surface area contributed by atoms with E-state index in [9.17, 15) is 22.8 Å². The lowest BCUT2D eigenvalue weighted by Crippen LogP contribution is -2.28. The first-order chi connectivity index (χ1) is 14.8. The molecule has 0 aliphatic rings. The molecule has 0 saturated heterocycles. The standard InChI is InChI=1S/C22H19F3N2O3S/c1-26-21(29)20-18(27(14-28)12-11-22(23,24)25)13-19(31-20)15-7-9-17(10-8-15)30-16-5-3-2-4-6-16/h2-10,13-14H,11-12H2,1H3,(H,26,29). The number of benzene rings is 2. The summed E-state index contributed by atoms with van der Waals surface area (Å²) in [5, 5.41) is 2.46. The van der Waals surface area contributed by atoms with E-state index in [0.29, 0.717) is 22.8 Å². The third-order valence-electron chi connectivity index (χ3n) is 4.34. The van der Waals surface area contributed by atoms with E-state index in [1.807, 2.05) is 30.3 Å². The predicted molar refractivity (Wildman–Crippen MR) is 114 cm³/mol. The van der Waals surface area contributed by atoms with E-state index < -0.39 is 25.0 Å². The van der Waals surface area contributed by atoms with Gasteiger partial charge >= 0.3 is 6.18 Å². The third kappa shape index (κ3) is 5.85. The molecule has 3 aromatic rings. The predicted octanol–water partition coefficient (Wildman–Crippen LogP) is 5.48. The molecule has 3 rings (SSSR count). The average Bonchev–Trinajstić information content (AvgIpc) is 3.19. The van der Waals surface area contributed by atoms with Gasteiger partial charge in [0, 0.05) is 18.5 Å². The Morgan fingerprint density at radius 2 is 1.74 bits per heavy atom. The van der Waals surface area contributed by atoms with Gasteiger partial charge in [0.2, 0.25) is 6.41 Å². The average molecular weight is 448 g/mol. The third-order valence-corrected chi connectivity index (χ3v) is 5.51. The number of amides is 2. The van der Waals surface area contributed by atoms with Crippen molar-refractivity contribution in [2.45, 2.75) is 12.6 Å². The number of nitrogens with one attached hydrogen (secondary N) is 1. The van der Waals surface area contributed by atoms with Crippen LogP contribution in [0.1, 0.15) is 16.1 Å². The van der Waals surface area contributed by atoms with E-state index in [0.717, 1.165) is 21.8 Å². The van der Waals surface area contributed by atoms with E-state index in [1.54, 1.807) is 30.3 Å². The number of halogens is 3. The Hall–Kier alpha value is -3.33. The van der Waals surface area contributed by atoms with Crippen molar-refractivity contribution in [2.75, 3.05) is 18.5 Å². The molecule has 0 aliphatic heterocycles. The van der Waals surface area contributed by atoms with E-state index in [-0.39, 0.29) is 10.6 Å². The maximum Gasteiger partial charge on any atom is 0.390 e. The fourth-order valence-electron chi connectivity index (χ4n) is 2.80. The van der Waals surface area contributed by atoms with Crippen LogP contribution in [0.2, 0.25) is 0 Å². The molecule has 0 fully saturated rings. The first-order valence-electron chi connectivity index (χ1n) is 9.28. The normalized spacial score (nSPS) is 11.1. The van der Waals surface area contributed by atoms with Gasteiger partial charge in [0.25, 0.3) is 5.91 Å². The second kappa shape index (κ2) is 9.65. The lowest BCUT2D eigenvalue weighted by molar-refractivity contribution is -0.132. The summed E-state index contributed by atoms with van der Waals surface area (Å²) < 4.78 is 43.6. The molecule has 0 aliphatic carbocycles. The highest BCUT2D eigenvalue weighted by molar-refractivity contribution is 7.18. The second-order valence-electron chi connectivity index (χ2n) is 6.51. The summed E-state index contributed by atoms with van der Waals surface area (Å²) in [5.74, 6) is 0.814. The molecule has 31 heavy (non-hydrogen) atoms. The van der Waals surface area contributed by atoms with Crippen LogP contribution in [0, 0.1) is 0 Å². The van der Waals surface area contributed by atoms with Crippen LogP contribution in [-0.2, 0) is 4.79 Å². The van der Waals surface area contributed by atoms with Gasteiger partial charge in [0.1, 0.15) is 16.4 Å². The summed E-state index contributed by atoms with van der Waals surface area (Å²) in [7, 11) is 1.42. The van der Waals surface area contributed by atoms with Gasteiger partial charge in [-0.15, -0.1) is 11.3 Å². The Balaban J connectivity index is 1.87. The van der Waals surface area contributed by atoms with Gasteiger partial charge < -0.3 is 15.0 Å². The molecule has 0 spiro atoms. The molecular formula is C22H19F3N2O3S. The molecule has 0 unspecified atom stereocenters. The zero-order valence-electron chi connectivity index (χ0n) is 16.5. The van der Waals surface area contributed by atoms with Gasteiger partial charge in [-0.1, -0.05) is 18.2 Å². The zero-order chi connectivity index (χ0) is 22.4. The van der Waals surface area contributed by atoms with Crippen LogP contribution in [0.4, 0.5) is 18.9 Å². The maximum atomic E-state index is 12.6. The maximum absolute atomic E-state index is 12.6. The summed E-state index contributed by atoms with van der Waals surface area (Å²) >= 11 is 1.10. The van der Waals surface area contributed by atoms with Crippen LogP contribution in [0.3, 0.4) is 0 Å². The Morgan fingerprint density at radius 1 is 1.10 bits per heavy atom. The zero-order valence-corrected chi connectivity index (χ0v) is 17.3. The lowest BCUT2D eigenvalue weighted by Gasteiger charge is -2.18. The second-order valence-corrected chi connectivity index (χ2v) is 7.56. The van der Waals surface area contributed by atoms with Crippen molar-refractivity contribution in [3.8, 4) is 21.9 Å². The number of alkyl halides is 3. The monoisotopic (exact) mass is 448 g/mol. The minimum atomic E-state index is -4.41. The highest BCUT2D eigenvalue weighted by atomic mass is 32.1. The molecule has 162 valence electrons. The summed E-state index contributed by atoms with van der Waals surface area (Å²) in [6.07, 6.45) is -5.28. The van der Waals surface area contributed by atoms with Crippen molar-refractivity contribution in [1.82, 2.24) is 5.32 Å². The van der Waals surface area contributed by atoms with E-state index in [2.05, 4.69) is 5.32 Å². The smallest absolute Gasteiger partial charge is 0.390 e. The van der Waals surface area contributed by atoms with Crippen molar-refractivity contribution in [1.29, 1.82) is 0 Å².